The minimum Gasteiger partial charge on any atom is -0.414 e. The van der Waals surface area contributed by atoms with Crippen LogP contribution in [0.2, 0.25) is 18.1 Å². The fourth-order valence-electron chi connectivity index (χ4n) is 2.75. The number of anilines is 1. The van der Waals surface area contributed by atoms with Crippen molar-refractivity contribution in [3.8, 4) is 0 Å². The van der Waals surface area contributed by atoms with Crippen LogP contribution in [-0.4, -0.2) is 46.8 Å². The van der Waals surface area contributed by atoms with Crippen LogP contribution in [0.3, 0.4) is 0 Å². The summed E-state index contributed by atoms with van der Waals surface area (Å²) in [5.41, 5.74) is 7.40. The minimum atomic E-state index is -1.89. The zero-order chi connectivity index (χ0) is 19.3. The average Bonchev–Trinajstić information content (AvgIpc) is 3.05. The number of aliphatic hydroxyl groups excluding tert-OH is 1. The molecular formula is C16H27IN5O3Si+. The molecule has 2 aromatic heterocycles. The van der Waals surface area contributed by atoms with Crippen LogP contribution in [0.25, 0.3) is 11.2 Å². The highest BCUT2D eigenvalue weighted by Crippen LogP contribution is 2.38. The molecule has 0 amide bonds. The van der Waals surface area contributed by atoms with Crippen LogP contribution in [0.15, 0.2) is 12.7 Å². The number of halogens is 1. The summed E-state index contributed by atoms with van der Waals surface area (Å²) in [6, 6.07) is 0. The second-order valence-corrected chi connectivity index (χ2v) is 14.1. The van der Waals surface area contributed by atoms with E-state index in [4.69, 9.17) is 14.9 Å². The molecule has 0 radical (unpaired) electrons. The summed E-state index contributed by atoms with van der Waals surface area (Å²) < 4.78 is 16.1. The van der Waals surface area contributed by atoms with Gasteiger partial charge in [0, 0.05) is 6.42 Å². The summed E-state index contributed by atoms with van der Waals surface area (Å²) in [7, 11) is -1.89. The van der Waals surface area contributed by atoms with Crippen molar-refractivity contribution in [2.75, 3.05) is 12.3 Å². The zero-order valence-electron chi connectivity index (χ0n) is 15.8. The normalized spacial score (nSPS) is 24.5. The summed E-state index contributed by atoms with van der Waals surface area (Å²) in [6.45, 7) is 11.4. The van der Waals surface area contributed by atoms with E-state index in [-0.39, 0.29) is 17.4 Å². The molecule has 3 atom stereocenters. The number of fused-ring (bicyclic) bond motifs is 1. The quantitative estimate of drug-likeness (QED) is 0.502. The van der Waals surface area contributed by atoms with Crippen molar-refractivity contribution in [2.45, 2.75) is 63.8 Å². The first-order valence-corrected chi connectivity index (χ1v) is 12.5. The Hall–Kier alpha value is -0.823. The van der Waals surface area contributed by atoms with Gasteiger partial charge in [0.2, 0.25) is 34.6 Å². The van der Waals surface area contributed by atoms with Crippen LogP contribution in [-0.2, 0) is 9.16 Å². The SMILES string of the molecule is CC(C)(C)[Si](C)(C)OC[C@H]1O[C@@H](n2c[n+](I)c3c(N)ncnc32)C[C@@H]1O. The Morgan fingerprint density at radius 3 is 2.81 bits per heavy atom. The van der Waals surface area contributed by atoms with Crippen LogP contribution in [0, 0.1) is 0 Å². The lowest BCUT2D eigenvalue weighted by Crippen LogP contribution is -2.43. The van der Waals surface area contributed by atoms with Gasteiger partial charge >= 0.3 is 0 Å². The van der Waals surface area contributed by atoms with Gasteiger partial charge < -0.3 is 20.0 Å². The van der Waals surface area contributed by atoms with Crippen molar-refractivity contribution in [2.24, 2.45) is 0 Å². The number of hydrogen-bond acceptors (Lipinski definition) is 6. The van der Waals surface area contributed by atoms with Crippen LogP contribution in [0.5, 0.6) is 0 Å². The monoisotopic (exact) mass is 492 g/mol. The molecule has 1 saturated heterocycles. The number of nitrogen functional groups attached to an aromatic ring is 1. The van der Waals surface area contributed by atoms with Crippen LogP contribution in [0.4, 0.5) is 5.82 Å². The fourth-order valence-corrected chi connectivity index (χ4v) is 4.50. The summed E-state index contributed by atoms with van der Waals surface area (Å²) in [5, 5.41) is 10.6. The Morgan fingerprint density at radius 1 is 1.46 bits per heavy atom. The number of aliphatic hydroxyl groups is 1. The molecule has 0 spiro atoms. The number of rotatable bonds is 4. The number of nitrogens with two attached hydrogens (primary N) is 1. The molecule has 3 N–H and O–H groups in total. The van der Waals surface area contributed by atoms with Gasteiger partial charge in [-0.25, -0.2) is 4.98 Å². The summed E-state index contributed by atoms with van der Waals surface area (Å²) in [5.74, 6) is 0.416. The average molecular weight is 492 g/mol. The van der Waals surface area contributed by atoms with E-state index in [9.17, 15) is 5.11 Å². The van der Waals surface area contributed by atoms with Crippen molar-refractivity contribution in [3.05, 3.63) is 12.7 Å². The third kappa shape index (κ3) is 3.61. The van der Waals surface area contributed by atoms with E-state index >= 15 is 0 Å². The maximum absolute atomic E-state index is 10.5. The highest BCUT2D eigenvalue weighted by Gasteiger charge is 2.43. The van der Waals surface area contributed by atoms with E-state index in [1.807, 2.05) is 13.7 Å². The Labute approximate surface area is 168 Å². The first-order chi connectivity index (χ1) is 12.0. The molecule has 0 unspecified atom stereocenters. The molecule has 10 heteroatoms. The molecule has 3 heterocycles. The molecule has 0 saturated carbocycles. The third-order valence-corrected chi connectivity index (χ3v) is 10.7. The molecule has 1 aliphatic rings. The lowest BCUT2D eigenvalue weighted by atomic mass is 10.2. The predicted octanol–water partition coefficient (Wildman–Crippen LogP) is 2.17. The molecule has 2 aromatic rings. The Kier molecular flexibility index (Phi) is 5.34. The van der Waals surface area contributed by atoms with Gasteiger partial charge in [-0.3, -0.25) is 0 Å². The van der Waals surface area contributed by atoms with Gasteiger partial charge in [-0.2, -0.15) is 12.3 Å². The Bertz CT molecular complexity index is 807. The zero-order valence-corrected chi connectivity index (χ0v) is 19.0. The highest BCUT2D eigenvalue weighted by atomic mass is 127. The van der Waals surface area contributed by atoms with Gasteiger partial charge in [-0.1, -0.05) is 20.8 Å². The van der Waals surface area contributed by atoms with Gasteiger partial charge in [0.25, 0.3) is 12.0 Å². The number of imidazole rings is 1. The smallest absolute Gasteiger partial charge is 0.276 e. The molecule has 3 rings (SSSR count). The molecule has 1 aliphatic heterocycles. The first-order valence-electron chi connectivity index (χ1n) is 8.67. The molecule has 1 fully saturated rings. The summed E-state index contributed by atoms with van der Waals surface area (Å²) in [6.07, 6.45) is 2.54. The second-order valence-electron chi connectivity index (χ2n) is 8.27. The van der Waals surface area contributed by atoms with Crippen molar-refractivity contribution in [1.29, 1.82) is 0 Å². The molecule has 0 aliphatic carbocycles. The van der Waals surface area contributed by atoms with E-state index < -0.39 is 14.4 Å². The largest absolute Gasteiger partial charge is 0.414 e. The van der Waals surface area contributed by atoms with Gasteiger partial charge in [0.1, 0.15) is 12.4 Å². The Morgan fingerprint density at radius 2 is 2.15 bits per heavy atom. The van der Waals surface area contributed by atoms with Gasteiger partial charge in [-0.05, 0) is 18.1 Å². The minimum absolute atomic E-state index is 0.119. The number of hydrogen-bond donors (Lipinski definition) is 2. The van der Waals surface area contributed by atoms with Gasteiger partial charge in [0.05, 0.1) is 12.7 Å². The predicted molar refractivity (Wildman–Crippen MR) is 109 cm³/mol. The second kappa shape index (κ2) is 6.97. The van der Waals surface area contributed by atoms with Crippen molar-refractivity contribution in [1.82, 2.24) is 14.5 Å². The highest BCUT2D eigenvalue weighted by molar-refractivity contribution is 14.1. The van der Waals surface area contributed by atoms with Gasteiger partial charge in [0.15, 0.2) is 14.1 Å². The molecule has 26 heavy (non-hydrogen) atoms. The van der Waals surface area contributed by atoms with E-state index in [0.29, 0.717) is 24.5 Å². The van der Waals surface area contributed by atoms with E-state index in [1.165, 1.54) is 6.33 Å². The maximum Gasteiger partial charge on any atom is 0.276 e. The molecule has 0 bridgehead atoms. The maximum atomic E-state index is 10.5. The van der Waals surface area contributed by atoms with E-state index in [2.05, 4.69) is 66.7 Å². The lowest BCUT2D eigenvalue weighted by molar-refractivity contribution is -0.410. The third-order valence-electron chi connectivity index (χ3n) is 5.44. The summed E-state index contributed by atoms with van der Waals surface area (Å²) in [4.78, 5) is 8.37. The number of ether oxygens (including phenoxy) is 1. The topological polar surface area (TPSA) is 99.3 Å². The molecule has 0 aromatic carbocycles. The molecular weight excluding hydrogens is 465 g/mol. The molecule has 144 valence electrons. The van der Waals surface area contributed by atoms with E-state index in [0.717, 1.165) is 5.52 Å². The Balaban J connectivity index is 1.77. The van der Waals surface area contributed by atoms with Crippen LogP contribution >= 0.6 is 22.9 Å². The van der Waals surface area contributed by atoms with Crippen molar-refractivity contribution >= 4 is 48.2 Å². The number of aromatic nitrogens is 4. The van der Waals surface area contributed by atoms with E-state index in [1.54, 1.807) is 0 Å². The van der Waals surface area contributed by atoms with Gasteiger partial charge in [-0.15, -0.1) is 0 Å². The van der Waals surface area contributed by atoms with Crippen LogP contribution in [0.1, 0.15) is 33.4 Å². The molecule has 8 nitrogen and oxygen atoms in total. The first kappa shape index (κ1) is 19.9. The lowest BCUT2D eigenvalue weighted by Gasteiger charge is -2.37. The summed E-state index contributed by atoms with van der Waals surface area (Å²) >= 11 is 2.14. The van der Waals surface area contributed by atoms with Crippen molar-refractivity contribution < 1.29 is 17.0 Å². The fraction of sp³-hybridized carbons (Fsp3) is 0.688. The standard InChI is InChI=1S/C16H27IN5O3Si/c1-16(2,3)26(4,5)24-7-11-10(23)6-12(25-11)21-9-22(17)13-14(18)19-8-20-15(13)21/h8-12,23H,6-7H2,1-5H3,(H2,18,19,20)/q+1/t10-,11+,12+/m0/s1. The van der Waals surface area contributed by atoms with Crippen molar-refractivity contribution in [3.63, 3.8) is 0 Å². The number of nitrogens with zero attached hydrogens (tertiary/aromatic N) is 4. The van der Waals surface area contributed by atoms with Crippen LogP contribution < -0.4 is 8.51 Å².